The lowest BCUT2D eigenvalue weighted by Gasteiger charge is -2.13. The van der Waals surface area contributed by atoms with Gasteiger partial charge in [0.25, 0.3) is 0 Å². The smallest absolute Gasteiger partial charge is 0.240 e. The van der Waals surface area contributed by atoms with E-state index in [1.165, 1.54) is 19.2 Å². The second kappa shape index (κ2) is 6.00. The summed E-state index contributed by atoms with van der Waals surface area (Å²) < 4.78 is 31.3. The number of hydrogen-bond acceptors (Lipinski definition) is 4. The zero-order valence-electron chi connectivity index (χ0n) is 9.88. The molecule has 1 aromatic rings. The Morgan fingerprint density at radius 2 is 2.18 bits per heavy atom. The Kier molecular flexibility index (Phi) is 4.92. The predicted molar refractivity (Wildman–Crippen MR) is 64.5 cm³/mol. The summed E-state index contributed by atoms with van der Waals surface area (Å²) in [6.45, 7) is 1.65. The van der Waals surface area contributed by atoms with Crippen LogP contribution in [0.3, 0.4) is 0 Å². The third-order valence-electron chi connectivity index (χ3n) is 2.27. The fourth-order valence-electron chi connectivity index (χ4n) is 1.35. The fraction of sp³-hybridized carbons (Fsp3) is 0.455. The monoisotopic (exact) mass is 259 g/mol. The van der Waals surface area contributed by atoms with E-state index in [1.54, 1.807) is 19.1 Å². The standard InChI is InChI=1S/C11H17NO4S/c1-9(6-7-13)12-17(14,15)11-5-3-4-10(8-11)16-2/h3-5,8-9,12-13H,6-7H2,1-2H3. The molecule has 5 nitrogen and oxygen atoms in total. The first-order chi connectivity index (χ1) is 7.99. The van der Waals surface area contributed by atoms with Gasteiger partial charge in [-0.1, -0.05) is 6.07 Å². The minimum atomic E-state index is -3.56. The third-order valence-corrected chi connectivity index (χ3v) is 3.86. The second-order valence-electron chi connectivity index (χ2n) is 3.71. The molecule has 0 heterocycles. The molecule has 0 saturated carbocycles. The minimum Gasteiger partial charge on any atom is -0.497 e. The lowest BCUT2D eigenvalue weighted by Crippen LogP contribution is -2.33. The van der Waals surface area contributed by atoms with Crippen molar-refractivity contribution in [3.05, 3.63) is 24.3 Å². The van der Waals surface area contributed by atoms with Crippen molar-refractivity contribution >= 4 is 10.0 Å². The molecular weight excluding hydrogens is 242 g/mol. The van der Waals surface area contributed by atoms with Gasteiger partial charge < -0.3 is 9.84 Å². The molecule has 17 heavy (non-hydrogen) atoms. The van der Waals surface area contributed by atoms with Crippen LogP contribution in [0.15, 0.2) is 29.2 Å². The Morgan fingerprint density at radius 1 is 1.47 bits per heavy atom. The van der Waals surface area contributed by atoms with Crippen LogP contribution in [-0.4, -0.2) is 33.3 Å². The first-order valence-electron chi connectivity index (χ1n) is 5.27. The van der Waals surface area contributed by atoms with Crippen LogP contribution in [0.1, 0.15) is 13.3 Å². The molecule has 0 saturated heterocycles. The molecule has 1 atom stereocenters. The average molecular weight is 259 g/mol. The van der Waals surface area contributed by atoms with Gasteiger partial charge in [-0.15, -0.1) is 0 Å². The molecule has 0 amide bonds. The maximum absolute atomic E-state index is 11.9. The van der Waals surface area contributed by atoms with E-state index in [0.29, 0.717) is 12.2 Å². The number of ether oxygens (including phenoxy) is 1. The normalized spacial score (nSPS) is 13.4. The van der Waals surface area contributed by atoms with E-state index < -0.39 is 10.0 Å². The number of methoxy groups -OCH3 is 1. The molecule has 0 aliphatic heterocycles. The van der Waals surface area contributed by atoms with Crippen molar-refractivity contribution in [2.75, 3.05) is 13.7 Å². The minimum absolute atomic E-state index is 0.0538. The topological polar surface area (TPSA) is 75.6 Å². The maximum atomic E-state index is 11.9. The Bertz CT molecular complexity index is 458. The van der Waals surface area contributed by atoms with Gasteiger partial charge in [-0.05, 0) is 25.5 Å². The average Bonchev–Trinajstić information content (AvgIpc) is 2.28. The summed E-state index contributed by atoms with van der Waals surface area (Å²) in [5, 5.41) is 8.73. The van der Waals surface area contributed by atoms with Gasteiger partial charge in [0.15, 0.2) is 0 Å². The maximum Gasteiger partial charge on any atom is 0.240 e. The molecule has 0 radical (unpaired) electrons. The van der Waals surface area contributed by atoms with Crippen LogP contribution in [-0.2, 0) is 10.0 Å². The lowest BCUT2D eigenvalue weighted by atomic mass is 10.3. The molecule has 0 aliphatic rings. The quantitative estimate of drug-likeness (QED) is 0.790. The lowest BCUT2D eigenvalue weighted by molar-refractivity contribution is 0.275. The molecule has 1 aromatic carbocycles. The van der Waals surface area contributed by atoms with E-state index in [9.17, 15) is 8.42 Å². The van der Waals surface area contributed by atoms with Crippen LogP contribution in [0.25, 0.3) is 0 Å². The number of rotatable bonds is 6. The highest BCUT2D eigenvalue weighted by Crippen LogP contribution is 2.17. The number of aliphatic hydroxyl groups excluding tert-OH is 1. The second-order valence-corrected chi connectivity index (χ2v) is 5.43. The summed E-state index contributed by atoms with van der Waals surface area (Å²) in [4.78, 5) is 0.154. The highest BCUT2D eigenvalue weighted by atomic mass is 32.2. The summed E-state index contributed by atoms with van der Waals surface area (Å²) in [6.07, 6.45) is 0.378. The van der Waals surface area contributed by atoms with Gasteiger partial charge in [-0.3, -0.25) is 0 Å². The molecule has 0 spiro atoms. The number of aliphatic hydroxyl groups is 1. The van der Waals surface area contributed by atoms with Crippen molar-refractivity contribution in [1.29, 1.82) is 0 Å². The highest BCUT2D eigenvalue weighted by Gasteiger charge is 2.17. The van der Waals surface area contributed by atoms with Gasteiger partial charge in [0, 0.05) is 18.7 Å². The van der Waals surface area contributed by atoms with E-state index >= 15 is 0 Å². The van der Waals surface area contributed by atoms with E-state index in [-0.39, 0.29) is 17.5 Å². The zero-order chi connectivity index (χ0) is 12.9. The Hall–Kier alpha value is -1.11. The molecule has 6 heteroatoms. The first kappa shape index (κ1) is 14.0. The molecule has 96 valence electrons. The Morgan fingerprint density at radius 3 is 2.76 bits per heavy atom. The number of sulfonamides is 1. The van der Waals surface area contributed by atoms with Gasteiger partial charge in [0.05, 0.1) is 12.0 Å². The van der Waals surface area contributed by atoms with Gasteiger partial charge >= 0.3 is 0 Å². The number of benzene rings is 1. The molecule has 0 aliphatic carbocycles. The molecule has 2 N–H and O–H groups in total. The molecule has 0 bridgehead atoms. The van der Waals surface area contributed by atoms with Gasteiger partial charge in [-0.25, -0.2) is 13.1 Å². The van der Waals surface area contributed by atoms with Gasteiger partial charge in [0.1, 0.15) is 5.75 Å². The SMILES string of the molecule is COc1cccc(S(=O)(=O)NC(C)CCO)c1. The summed E-state index contributed by atoms with van der Waals surface area (Å²) in [5.41, 5.74) is 0. The van der Waals surface area contributed by atoms with Crippen molar-refractivity contribution in [3.63, 3.8) is 0 Å². The van der Waals surface area contributed by atoms with Crippen LogP contribution < -0.4 is 9.46 Å². The van der Waals surface area contributed by atoms with Crippen LogP contribution in [0.4, 0.5) is 0 Å². The summed E-state index contributed by atoms with van der Waals surface area (Å²) >= 11 is 0. The van der Waals surface area contributed by atoms with Crippen LogP contribution >= 0.6 is 0 Å². The summed E-state index contributed by atoms with van der Waals surface area (Å²) in [7, 11) is -2.08. The third kappa shape index (κ3) is 3.99. The van der Waals surface area contributed by atoms with Crippen molar-refractivity contribution in [2.45, 2.75) is 24.3 Å². The largest absolute Gasteiger partial charge is 0.497 e. The Labute approximate surface area is 101 Å². The molecule has 1 rings (SSSR count). The van der Waals surface area contributed by atoms with Crippen molar-refractivity contribution in [3.8, 4) is 5.75 Å². The van der Waals surface area contributed by atoms with Crippen molar-refractivity contribution < 1.29 is 18.3 Å². The first-order valence-corrected chi connectivity index (χ1v) is 6.75. The van der Waals surface area contributed by atoms with E-state index in [4.69, 9.17) is 9.84 Å². The summed E-state index contributed by atoms with van der Waals surface area (Å²) in [6, 6.07) is 5.93. The van der Waals surface area contributed by atoms with Crippen LogP contribution in [0, 0.1) is 0 Å². The molecule has 1 unspecified atom stereocenters. The van der Waals surface area contributed by atoms with E-state index in [0.717, 1.165) is 0 Å². The van der Waals surface area contributed by atoms with E-state index in [2.05, 4.69) is 4.72 Å². The number of nitrogens with one attached hydrogen (secondary N) is 1. The van der Waals surface area contributed by atoms with Crippen molar-refractivity contribution in [2.24, 2.45) is 0 Å². The number of hydrogen-bond donors (Lipinski definition) is 2. The molecular formula is C11H17NO4S. The Balaban J connectivity index is 2.89. The molecule has 0 fully saturated rings. The van der Waals surface area contributed by atoms with Crippen molar-refractivity contribution in [1.82, 2.24) is 4.72 Å². The highest BCUT2D eigenvalue weighted by molar-refractivity contribution is 7.89. The molecule has 0 aromatic heterocycles. The fourth-order valence-corrected chi connectivity index (χ4v) is 2.67. The van der Waals surface area contributed by atoms with Gasteiger partial charge in [-0.2, -0.15) is 0 Å². The zero-order valence-corrected chi connectivity index (χ0v) is 10.7. The van der Waals surface area contributed by atoms with Crippen LogP contribution in [0.2, 0.25) is 0 Å². The summed E-state index contributed by atoms with van der Waals surface area (Å²) in [5.74, 6) is 0.489. The predicted octanol–water partition coefficient (Wildman–Crippen LogP) is 0.744. The van der Waals surface area contributed by atoms with Crippen LogP contribution in [0.5, 0.6) is 5.75 Å². The van der Waals surface area contributed by atoms with E-state index in [1.807, 2.05) is 0 Å². The van der Waals surface area contributed by atoms with Gasteiger partial charge in [0.2, 0.25) is 10.0 Å².